The summed E-state index contributed by atoms with van der Waals surface area (Å²) >= 11 is 1.56. The van der Waals surface area contributed by atoms with E-state index >= 15 is 9.59 Å². The zero-order valence-electron chi connectivity index (χ0n) is 46.2. The molecule has 2 aromatic heterocycles. The number of likely N-dealkylation sites (N-methyl/N-ethyl adjacent to an activating group) is 1. The highest BCUT2D eigenvalue weighted by Crippen LogP contribution is 2.69. The molecule has 2 aromatic carbocycles. The zero-order chi connectivity index (χ0) is 54.9. The summed E-state index contributed by atoms with van der Waals surface area (Å²) in [6.45, 7) is 16.5. The van der Waals surface area contributed by atoms with Gasteiger partial charge in [-0.1, -0.05) is 61.1 Å². The first-order chi connectivity index (χ1) is 36.7. The molecule has 2 saturated heterocycles. The maximum atomic E-state index is 15.5. The number of aliphatic hydroxyl groups is 3. The van der Waals surface area contributed by atoms with Crippen LogP contribution in [0.3, 0.4) is 0 Å². The smallest absolute Gasteiger partial charge is 0.315 e. The standard InChI is InChI=1S/C56H78N10O8SSi2/c1-10-53(70)28-36-32-65(33-53)23-18-39-38-16-12-13-17-41(38)62-46(39)44(47(67)73-5)43(36)40-26-37(72-4)27-42-45(40)55-20-24-66-22-14-19-54(11-2,48(55)66)50(68)56(71,49(55)64(42)3)51(69)58-21-15-25-76(6,7)74-77(8,9)34-75-52-59-29-35(30-60-52)31-61-63-57/h12-14,16-17,19,26-27,29-30,36,43-44,48-50,62,68,70-71H,10-11,15,18,20-25,28,31-34H2,1-9H3,(H,58,69)/t36-,43?,44-,48+,49-,50-,53+,54-,55-,56+/m1/s1. The summed E-state index contributed by atoms with van der Waals surface area (Å²) in [5.41, 5.74) is 9.53. The van der Waals surface area contributed by atoms with Crippen molar-refractivity contribution in [1.29, 1.82) is 0 Å². The van der Waals surface area contributed by atoms with E-state index in [0.717, 1.165) is 56.0 Å². The van der Waals surface area contributed by atoms with Crippen LogP contribution in [0, 0.1) is 11.3 Å². The number of thioether (sulfide) groups is 1. The highest BCUT2D eigenvalue weighted by molar-refractivity contribution is 8.00. The van der Waals surface area contributed by atoms with Crippen LogP contribution in [0.15, 0.2) is 71.2 Å². The zero-order valence-corrected chi connectivity index (χ0v) is 49.0. The number of azide groups is 1. The van der Waals surface area contributed by atoms with Crippen LogP contribution in [0.25, 0.3) is 21.3 Å². The number of hydrogen-bond acceptors (Lipinski definition) is 15. The summed E-state index contributed by atoms with van der Waals surface area (Å²) in [4.78, 5) is 53.0. The van der Waals surface area contributed by atoms with Crippen molar-refractivity contribution in [1.82, 2.24) is 30.1 Å². The molecule has 1 aliphatic carbocycles. The molecule has 1 saturated carbocycles. The number of methoxy groups -OCH3 is 2. The second-order valence-corrected chi connectivity index (χ2v) is 34.2. The number of carbonyl (C=O) groups is 2. The van der Waals surface area contributed by atoms with E-state index in [1.807, 2.05) is 37.1 Å². The number of aromatic nitrogens is 3. The number of amides is 1. The molecule has 21 heteroatoms. The molecule has 414 valence electrons. The maximum Gasteiger partial charge on any atom is 0.315 e. The second-order valence-electron chi connectivity index (χ2n) is 24.1. The van der Waals surface area contributed by atoms with E-state index in [0.29, 0.717) is 82.2 Å². The van der Waals surface area contributed by atoms with Gasteiger partial charge in [0.1, 0.15) is 17.8 Å². The molecule has 77 heavy (non-hydrogen) atoms. The van der Waals surface area contributed by atoms with Gasteiger partial charge in [-0.05, 0) is 123 Å². The molecule has 7 heterocycles. The molecule has 5 aliphatic heterocycles. The van der Waals surface area contributed by atoms with Gasteiger partial charge in [-0.15, -0.1) is 0 Å². The number of para-hydroxylation sites is 1. The minimum absolute atomic E-state index is 0.199. The SMILES string of the molecule is CC[C@]1(O)C[C@@H]2CN(CCc3c([nH]c4ccccc34)[C@H](C(=O)OC)C2c2cc(OC)cc3c2[C@@]24CCN5CC=C[C@@](CC)([C@@H](O)[C@](O)(C(=O)NCCC[Si](C)(C)O[Si](C)(C)CSc6ncc(CN=[N+]=[N-])cn6)[C@@H]2N3C)[C@H]54)C1. The molecule has 1 spiro atoms. The average molecular weight is 1110 g/mol. The number of piperidine rings is 1. The van der Waals surface area contributed by atoms with Crippen LogP contribution in [-0.4, -0.2) is 164 Å². The molecule has 4 aromatic rings. The van der Waals surface area contributed by atoms with Crippen LogP contribution in [0.5, 0.6) is 5.75 Å². The third kappa shape index (κ3) is 9.42. The van der Waals surface area contributed by atoms with E-state index in [2.05, 4.69) is 104 Å². The van der Waals surface area contributed by atoms with Crippen molar-refractivity contribution in [2.75, 3.05) is 70.8 Å². The Kier molecular flexibility index (Phi) is 15.1. The first-order valence-corrected chi connectivity index (χ1v) is 34.8. The Hall–Kier alpha value is -4.81. The van der Waals surface area contributed by atoms with E-state index in [4.69, 9.17) is 19.1 Å². The number of nitrogens with zero attached hydrogens (tertiary/aromatic N) is 8. The van der Waals surface area contributed by atoms with Crippen molar-refractivity contribution < 1.29 is 38.5 Å². The van der Waals surface area contributed by atoms with Gasteiger partial charge in [0.05, 0.1) is 32.4 Å². The molecule has 11 atom stereocenters. The number of rotatable bonds is 17. The van der Waals surface area contributed by atoms with Gasteiger partial charge in [-0.2, -0.15) is 0 Å². The van der Waals surface area contributed by atoms with E-state index < -0.39 is 68.6 Å². The molecule has 0 radical (unpaired) electrons. The lowest BCUT2D eigenvalue weighted by atomic mass is 9.47. The molecular formula is C56H78N10O8SSi2. The molecule has 6 aliphatic rings. The number of ether oxygens (including phenoxy) is 2. The summed E-state index contributed by atoms with van der Waals surface area (Å²) in [6.07, 6.45) is 9.35. The van der Waals surface area contributed by atoms with Gasteiger partial charge in [-0.25, -0.2) is 9.97 Å². The Balaban J connectivity index is 1.02. The topological polar surface area (TPSA) is 235 Å². The van der Waals surface area contributed by atoms with Crippen LogP contribution in [-0.2, 0) is 36.8 Å². The molecule has 2 bridgehead atoms. The lowest BCUT2D eigenvalue weighted by Crippen LogP contribution is -2.81. The molecule has 2 unspecified atom stereocenters. The molecule has 5 N–H and O–H groups in total. The molecule has 3 fully saturated rings. The predicted molar refractivity (Wildman–Crippen MR) is 303 cm³/mol. The Morgan fingerprint density at radius 3 is 2.53 bits per heavy atom. The number of fused-ring (bicyclic) bond motifs is 6. The highest BCUT2D eigenvalue weighted by Gasteiger charge is 2.79. The fourth-order valence-electron chi connectivity index (χ4n) is 15.6. The summed E-state index contributed by atoms with van der Waals surface area (Å²) in [6, 6.07) is 11.8. The van der Waals surface area contributed by atoms with Crippen LogP contribution < -0.4 is 15.0 Å². The maximum absolute atomic E-state index is 15.5. The number of nitrogens with one attached hydrogen (secondary N) is 2. The first kappa shape index (κ1) is 55.5. The monoisotopic (exact) mass is 1110 g/mol. The van der Waals surface area contributed by atoms with Crippen molar-refractivity contribution in [3.8, 4) is 5.75 Å². The van der Waals surface area contributed by atoms with Crippen LogP contribution in [0.2, 0.25) is 32.2 Å². The minimum atomic E-state index is -2.31. The third-order valence-electron chi connectivity index (χ3n) is 18.5. The second kappa shape index (κ2) is 21.0. The summed E-state index contributed by atoms with van der Waals surface area (Å²) in [7, 11) is 0.542. The van der Waals surface area contributed by atoms with Crippen LogP contribution in [0.4, 0.5) is 5.69 Å². The van der Waals surface area contributed by atoms with Crippen molar-refractivity contribution in [3.63, 3.8) is 0 Å². The number of aliphatic hydroxyl groups excluding tert-OH is 1. The van der Waals surface area contributed by atoms with Gasteiger partial charge < -0.3 is 44.1 Å². The first-order valence-electron chi connectivity index (χ1n) is 27.6. The average Bonchev–Trinajstić information content (AvgIpc) is 4.28. The largest absolute Gasteiger partial charge is 0.497 e. The number of esters is 1. The van der Waals surface area contributed by atoms with E-state index in [1.165, 1.54) is 7.11 Å². The van der Waals surface area contributed by atoms with Gasteiger partial charge in [0.2, 0.25) is 0 Å². The molecule has 10 rings (SSSR count). The number of carbonyl (C=O) groups excluding carboxylic acids is 2. The predicted octanol–water partition coefficient (Wildman–Crippen LogP) is 7.30. The lowest BCUT2D eigenvalue weighted by molar-refractivity contribution is -0.203. The van der Waals surface area contributed by atoms with Gasteiger partial charge >= 0.3 is 5.97 Å². The molecule has 18 nitrogen and oxygen atoms in total. The lowest BCUT2D eigenvalue weighted by Gasteiger charge is -2.63. The Bertz CT molecular complexity index is 2980. The summed E-state index contributed by atoms with van der Waals surface area (Å²) in [5, 5.41) is 48.9. The number of anilines is 1. The fraction of sp³-hybridized carbons (Fsp3) is 0.607. The third-order valence-corrected chi connectivity index (χ3v) is 28.3. The fourth-order valence-corrected chi connectivity index (χ4v) is 25.9. The van der Waals surface area contributed by atoms with Crippen molar-refractivity contribution in [3.05, 3.63) is 99.3 Å². The summed E-state index contributed by atoms with van der Waals surface area (Å²) in [5.74, 6) is -2.06. The van der Waals surface area contributed by atoms with Gasteiger partial charge in [0, 0.05) is 114 Å². The quantitative estimate of drug-likeness (QED) is 0.00804. The van der Waals surface area contributed by atoms with Gasteiger partial charge in [0.15, 0.2) is 27.4 Å². The van der Waals surface area contributed by atoms with Crippen molar-refractivity contribution >= 4 is 56.9 Å². The van der Waals surface area contributed by atoms with Crippen LogP contribution in [0.1, 0.15) is 85.7 Å². The number of H-pyrrole nitrogens is 1. The Morgan fingerprint density at radius 2 is 1.82 bits per heavy atom. The Labute approximate surface area is 458 Å². The van der Waals surface area contributed by atoms with Gasteiger partial charge in [0.25, 0.3) is 5.91 Å². The van der Waals surface area contributed by atoms with Crippen LogP contribution >= 0.6 is 11.8 Å². The molecule has 1 amide bonds. The normalized spacial score (nSPS) is 31.5. The molecular weight excluding hydrogens is 1030 g/mol. The van der Waals surface area contributed by atoms with Crippen molar-refractivity contribution in [2.24, 2.45) is 16.4 Å². The minimum Gasteiger partial charge on any atom is -0.497 e. The number of hydrogen-bond donors (Lipinski definition) is 5. The van der Waals surface area contributed by atoms with E-state index in [1.54, 1.807) is 31.3 Å². The summed E-state index contributed by atoms with van der Waals surface area (Å²) < 4.78 is 19.1. The number of aromatic amines is 1. The highest BCUT2D eigenvalue weighted by atomic mass is 32.2. The van der Waals surface area contributed by atoms with E-state index in [-0.39, 0.29) is 31.0 Å². The Morgan fingerprint density at radius 1 is 1.05 bits per heavy atom. The van der Waals surface area contributed by atoms with E-state index in [9.17, 15) is 15.3 Å². The van der Waals surface area contributed by atoms with Crippen molar-refractivity contribution in [2.45, 2.75) is 143 Å². The van der Waals surface area contributed by atoms with Gasteiger partial charge in [-0.3, -0.25) is 19.4 Å². The number of benzene rings is 2.